The van der Waals surface area contributed by atoms with E-state index in [4.69, 9.17) is 6.42 Å². The fourth-order valence-corrected chi connectivity index (χ4v) is 2.61. The summed E-state index contributed by atoms with van der Waals surface area (Å²) in [7, 11) is 0. The Morgan fingerprint density at radius 3 is 1.92 bits per heavy atom. The maximum absolute atomic E-state index is 10.9. The van der Waals surface area contributed by atoms with Gasteiger partial charge in [-0.05, 0) is 38.5 Å². The summed E-state index contributed by atoms with van der Waals surface area (Å²) in [6.45, 7) is 0. The van der Waals surface area contributed by atoms with E-state index in [9.17, 15) is 4.79 Å². The minimum atomic E-state index is 0.0264. The summed E-state index contributed by atoms with van der Waals surface area (Å²) in [6, 6.07) is 0. The molecule has 0 radical (unpaired) electrons. The predicted octanol–water partition coefficient (Wildman–Crippen LogP) is 2.16. The number of hydrogen-bond acceptors (Lipinski definition) is 1. The van der Waals surface area contributed by atoms with E-state index in [1.807, 2.05) is 0 Å². The molecule has 64 valence electrons. The van der Waals surface area contributed by atoms with Gasteiger partial charge in [0.05, 0.1) is 0 Å². The summed E-state index contributed by atoms with van der Waals surface area (Å²) in [5.74, 6) is 2.93. The molecule has 0 aliphatic heterocycles. The molecular formula is C11H14O. The molecule has 3 aliphatic rings. The van der Waals surface area contributed by atoms with Gasteiger partial charge >= 0.3 is 0 Å². The van der Waals surface area contributed by atoms with Crippen LogP contribution in [0.3, 0.4) is 0 Å². The van der Waals surface area contributed by atoms with Crippen molar-refractivity contribution in [2.24, 2.45) is 10.8 Å². The van der Waals surface area contributed by atoms with E-state index in [-0.39, 0.29) is 10.8 Å². The lowest BCUT2D eigenvalue weighted by molar-refractivity contribution is -0.122. The zero-order chi connectivity index (χ0) is 8.66. The van der Waals surface area contributed by atoms with Crippen LogP contribution < -0.4 is 0 Å². The van der Waals surface area contributed by atoms with Crippen LogP contribution in [-0.2, 0) is 4.79 Å². The van der Waals surface area contributed by atoms with Crippen molar-refractivity contribution in [1.82, 2.24) is 0 Å². The third-order valence-electron chi connectivity index (χ3n) is 3.86. The SMILES string of the molecule is C#CC12CCC(C=O)(CC1)CC2. The van der Waals surface area contributed by atoms with Crippen molar-refractivity contribution in [2.75, 3.05) is 0 Å². The molecule has 0 amide bonds. The molecular weight excluding hydrogens is 148 g/mol. The van der Waals surface area contributed by atoms with Gasteiger partial charge in [0.25, 0.3) is 0 Å². The molecule has 0 aromatic heterocycles. The molecule has 0 heterocycles. The Balaban J connectivity index is 2.21. The monoisotopic (exact) mass is 162 g/mol. The molecule has 0 aromatic rings. The van der Waals surface area contributed by atoms with E-state index in [2.05, 4.69) is 5.92 Å². The van der Waals surface area contributed by atoms with Gasteiger partial charge in [0.1, 0.15) is 6.29 Å². The van der Waals surface area contributed by atoms with Gasteiger partial charge < -0.3 is 4.79 Å². The van der Waals surface area contributed by atoms with Crippen molar-refractivity contribution >= 4 is 6.29 Å². The van der Waals surface area contributed by atoms with E-state index >= 15 is 0 Å². The molecule has 0 N–H and O–H groups in total. The summed E-state index contributed by atoms with van der Waals surface area (Å²) < 4.78 is 0. The lowest BCUT2D eigenvalue weighted by Gasteiger charge is -2.48. The first-order chi connectivity index (χ1) is 5.74. The van der Waals surface area contributed by atoms with Crippen LogP contribution in [0.4, 0.5) is 0 Å². The maximum atomic E-state index is 10.9. The molecule has 2 bridgehead atoms. The van der Waals surface area contributed by atoms with Crippen molar-refractivity contribution in [2.45, 2.75) is 38.5 Å². The number of fused-ring (bicyclic) bond motifs is 3. The highest BCUT2D eigenvalue weighted by Gasteiger charge is 2.47. The number of terminal acetylenes is 1. The van der Waals surface area contributed by atoms with E-state index in [0.717, 1.165) is 38.5 Å². The lowest BCUT2D eigenvalue weighted by atomic mass is 9.54. The molecule has 12 heavy (non-hydrogen) atoms. The van der Waals surface area contributed by atoms with Crippen LogP contribution in [-0.4, -0.2) is 6.29 Å². The molecule has 0 saturated heterocycles. The van der Waals surface area contributed by atoms with E-state index in [1.165, 1.54) is 6.29 Å². The minimum absolute atomic E-state index is 0.0264. The summed E-state index contributed by atoms with van der Waals surface area (Å²) in [4.78, 5) is 10.9. The van der Waals surface area contributed by atoms with E-state index in [0.29, 0.717) is 0 Å². The molecule has 3 saturated carbocycles. The highest BCUT2D eigenvalue weighted by atomic mass is 16.1. The lowest BCUT2D eigenvalue weighted by Crippen LogP contribution is -2.41. The van der Waals surface area contributed by atoms with Crippen LogP contribution in [0.5, 0.6) is 0 Å². The van der Waals surface area contributed by atoms with Gasteiger partial charge in [-0.2, -0.15) is 0 Å². The average Bonchev–Trinajstić information content (AvgIpc) is 2.21. The summed E-state index contributed by atoms with van der Waals surface area (Å²) in [5.41, 5.74) is 0.198. The predicted molar refractivity (Wildman–Crippen MR) is 47.5 cm³/mol. The van der Waals surface area contributed by atoms with Crippen LogP contribution in [0.25, 0.3) is 0 Å². The second kappa shape index (κ2) is 2.36. The second-order valence-electron chi connectivity index (χ2n) is 4.40. The Bertz CT molecular complexity index is 222. The molecule has 1 nitrogen and oxygen atoms in total. The van der Waals surface area contributed by atoms with Crippen LogP contribution in [0.15, 0.2) is 0 Å². The van der Waals surface area contributed by atoms with Crippen molar-refractivity contribution in [1.29, 1.82) is 0 Å². The van der Waals surface area contributed by atoms with E-state index < -0.39 is 0 Å². The highest BCUT2D eigenvalue weighted by molar-refractivity contribution is 5.60. The first-order valence-corrected chi connectivity index (χ1v) is 4.68. The topological polar surface area (TPSA) is 17.1 Å². The summed E-state index contributed by atoms with van der Waals surface area (Å²) in [5, 5.41) is 0. The third-order valence-corrected chi connectivity index (χ3v) is 3.86. The third kappa shape index (κ3) is 0.909. The number of aldehydes is 1. The molecule has 1 heteroatoms. The molecule has 0 aromatic carbocycles. The Morgan fingerprint density at radius 2 is 1.58 bits per heavy atom. The van der Waals surface area contributed by atoms with Crippen molar-refractivity contribution in [3.63, 3.8) is 0 Å². The number of rotatable bonds is 1. The van der Waals surface area contributed by atoms with Gasteiger partial charge in [-0.1, -0.05) is 5.92 Å². The fraction of sp³-hybridized carbons (Fsp3) is 0.727. The normalized spacial score (nSPS) is 45.2. The first-order valence-electron chi connectivity index (χ1n) is 4.68. The van der Waals surface area contributed by atoms with Gasteiger partial charge in [-0.15, -0.1) is 6.42 Å². The number of hydrogen-bond donors (Lipinski definition) is 0. The van der Waals surface area contributed by atoms with Crippen molar-refractivity contribution in [3.8, 4) is 12.3 Å². The van der Waals surface area contributed by atoms with Gasteiger partial charge in [0.2, 0.25) is 0 Å². The second-order valence-corrected chi connectivity index (χ2v) is 4.40. The highest BCUT2D eigenvalue weighted by Crippen LogP contribution is 2.55. The quantitative estimate of drug-likeness (QED) is 0.426. The summed E-state index contributed by atoms with van der Waals surface area (Å²) >= 11 is 0. The van der Waals surface area contributed by atoms with Crippen LogP contribution in [0.1, 0.15) is 38.5 Å². The Hall–Kier alpha value is -0.770. The van der Waals surface area contributed by atoms with Gasteiger partial charge in [-0.3, -0.25) is 0 Å². The zero-order valence-electron chi connectivity index (χ0n) is 7.31. The van der Waals surface area contributed by atoms with Crippen molar-refractivity contribution < 1.29 is 4.79 Å². The number of carbonyl (C=O) groups excluding carboxylic acids is 1. The fourth-order valence-electron chi connectivity index (χ4n) is 2.61. The van der Waals surface area contributed by atoms with Gasteiger partial charge in [-0.25, -0.2) is 0 Å². The van der Waals surface area contributed by atoms with Crippen LogP contribution >= 0.6 is 0 Å². The first kappa shape index (κ1) is 7.86. The smallest absolute Gasteiger partial charge is 0.126 e. The zero-order valence-corrected chi connectivity index (χ0v) is 7.31. The minimum Gasteiger partial charge on any atom is -0.303 e. The Labute approximate surface area is 73.5 Å². The maximum Gasteiger partial charge on any atom is 0.126 e. The molecule has 3 aliphatic carbocycles. The molecule has 0 atom stereocenters. The molecule has 0 unspecified atom stereocenters. The molecule has 3 fully saturated rings. The van der Waals surface area contributed by atoms with Gasteiger partial charge in [0.15, 0.2) is 0 Å². The standard InChI is InChI=1S/C11H14O/c1-2-10-3-6-11(9-12,7-4-10)8-5-10/h1,9H,3-8H2. The van der Waals surface area contributed by atoms with Crippen molar-refractivity contribution in [3.05, 3.63) is 0 Å². The average molecular weight is 162 g/mol. The number of carbonyl (C=O) groups is 1. The van der Waals surface area contributed by atoms with Crippen LogP contribution in [0.2, 0.25) is 0 Å². The molecule has 3 rings (SSSR count). The van der Waals surface area contributed by atoms with Crippen LogP contribution in [0, 0.1) is 23.2 Å². The molecule has 0 spiro atoms. The largest absolute Gasteiger partial charge is 0.303 e. The Morgan fingerprint density at radius 1 is 1.08 bits per heavy atom. The van der Waals surface area contributed by atoms with Gasteiger partial charge in [0, 0.05) is 10.8 Å². The van der Waals surface area contributed by atoms with E-state index in [1.54, 1.807) is 0 Å². The summed E-state index contributed by atoms with van der Waals surface area (Å²) in [6.07, 6.45) is 13.0. The Kier molecular flexibility index (Phi) is 1.54.